The normalized spacial score (nSPS) is 18.3. The van der Waals surface area contributed by atoms with Crippen molar-refractivity contribution in [1.29, 1.82) is 0 Å². The van der Waals surface area contributed by atoms with Crippen LogP contribution in [0.2, 0.25) is 0 Å². The molecule has 1 saturated heterocycles. The van der Waals surface area contributed by atoms with Crippen molar-refractivity contribution in [1.82, 2.24) is 10.3 Å². The van der Waals surface area contributed by atoms with Crippen molar-refractivity contribution in [2.24, 2.45) is 0 Å². The van der Waals surface area contributed by atoms with E-state index >= 15 is 0 Å². The van der Waals surface area contributed by atoms with Crippen LogP contribution < -0.4 is 10.2 Å². The van der Waals surface area contributed by atoms with E-state index in [9.17, 15) is 0 Å². The number of nitrogens with zero attached hydrogens (tertiary/aromatic N) is 2. The lowest BCUT2D eigenvalue weighted by Gasteiger charge is -2.18. The Morgan fingerprint density at radius 1 is 1.29 bits per heavy atom. The first-order valence-electron chi connectivity index (χ1n) is 5.17. The molecule has 0 radical (unpaired) electrons. The van der Waals surface area contributed by atoms with Gasteiger partial charge in [-0.3, -0.25) is 0 Å². The summed E-state index contributed by atoms with van der Waals surface area (Å²) in [6.07, 6.45) is 1.22. The highest BCUT2D eigenvalue weighted by Gasteiger charge is 2.13. The maximum Gasteiger partial charge on any atom is 0.185 e. The van der Waals surface area contributed by atoms with E-state index in [0.29, 0.717) is 0 Å². The molecule has 0 aliphatic carbocycles. The molecule has 4 heteroatoms. The average molecular weight is 211 g/mol. The minimum absolute atomic E-state index is 1.08. The lowest BCUT2D eigenvalue weighted by Crippen LogP contribution is -2.27. The zero-order valence-corrected chi connectivity index (χ0v) is 9.65. The third-order valence-electron chi connectivity index (χ3n) is 2.63. The molecule has 0 atom stereocenters. The highest BCUT2D eigenvalue weighted by molar-refractivity contribution is 7.15. The van der Waals surface area contributed by atoms with Crippen molar-refractivity contribution in [2.45, 2.75) is 20.3 Å². The van der Waals surface area contributed by atoms with E-state index < -0.39 is 0 Å². The van der Waals surface area contributed by atoms with Crippen LogP contribution in [0.5, 0.6) is 0 Å². The van der Waals surface area contributed by atoms with Gasteiger partial charge in [-0.15, -0.1) is 11.3 Å². The first-order valence-corrected chi connectivity index (χ1v) is 5.99. The summed E-state index contributed by atoms with van der Waals surface area (Å²) in [5.41, 5.74) is 1.18. The summed E-state index contributed by atoms with van der Waals surface area (Å²) in [5, 5.41) is 4.60. The quantitative estimate of drug-likeness (QED) is 0.764. The SMILES string of the molecule is Cc1nc(N2CCCNCC2)sc1C. The largest absolute Gasteiger partial charge is 0.347 e. The van der Waals surface area contributed by atoms with Crippen molar-refractivity contribution in [2.75, 3.05) is 31.1 Å². The van der Waals surface area contributed by atoms with Gasteiger partial charge in [-0.2, -0.15) is 0 Å². The molecule has 14 heavy (non-hydrogen) atoms. The number of nitrogens with one attached hydrogen (secondary N) is 1. The molecular weight excluding hydrogens is 194 g/mol. The smallest absolute Gasteiger partial charge is 0.185 e. The fourth-order valence-electron chi connectivity index (χ4n) is 1.63. The van der Waals surface area contributed by atoms with Gasteiger partial charge in [0.15, 0.2) is 5.13 Å². The highest BCUT2D eigenvalue weighted by atomic mass is 32.1. The van der Waals surface area contributed by atoms with Crippen LogP contribution in [0.1, 0.15) is 17.0 Å². The van der Waals surface area contributed by atoms with Gasteiger partial charge in [-0.25, -0.2) is 4.98 Å². The number of hydrogen-bond acceptors (Lipinski definition) is 4. The molecule has 0 bridgehead atoms. The fourth-order valence-corrected chi connectivity index (χ4v) is 2.59. The van der Waals surface area contributed by atoms with E-state index in [-0.39, 0.29) is 0 Å². The molecule has 0 spiro atoms. The number of aryl methyl sites for hydroxylation is 2. The second-order valence-corrected chi connectivity index (χ2v) is 4.91. The summed E-state index contributed by atoms with van der Waals surface area (Å²) in [4.78, 5) is 8.33. The highest BCUT2D eigenvalue weighted by Crippen LogP contribution is 2.25. The molecule has 78 valence electrons. The van der Waals surface area contributed by atoms with Gasteiger partial charge in [0.05, 0.1) is 5.69 Å². The molecule has 1 N–H and O–H groups in total. The van der Waals surface area contributed by atoms with Crippen LogP contribution in [0.25, 0.3) is 0 Å². The summed E-state index contributed by atoms with van der Waals surface area (Å²) in [7, 11) is 0. The van der Waals surface area contributed by atoms with Gasteiger partial charge >= 0.3 is 0 Å². The van der Waals surface area contributed by atoms with Crippen molar-refractivity contribution in [3.63, 3.8) is 0 Å². The van der Waals surface area contributed by atoms with E-state index in [4.69, 9.17) is 0 Å². The van der Waals surface area contributed by atoms with Crippen molar-refractivity contribution in [3.8, 4) is 0 Å². The zero-order chi connectivity index (χ0) is 9.97. The van der Waals surface area contributed by atoms with Crippen LogP contribution in [0.15, 0.2) is 0 Å². The second-order valence-electron chi connectivity index (χ2n) is 3.73. The number of anilines is 1. The molecule has 0 aromatic carbocycles. The van der Waals surface area contributed by atoms with Crippen LogP contribution in [-0.2, 0) is 0 Å². The minimum Gasteiger partial charge on any atom is -0.347 e. The Morgan fingerprint density at radius 2 is 2.14 bits per heavy atom. The van der Waals surface area contributed by atoms with Crippen molar-refractivity contribution in [3.05, 3.63) is 10.6 Å². The summed E-state index contributed by atoms with van der Waals surface area (Å²) in [6.45, 7) is 8.68. The van der Waals surface area contributed by atoms with Crippen LogP contribution in [-0.4, -0.2) is 31.2 Å². The Labute approximate surface area is 89.1 Å². The molecule has 1 aromatic heterocycles. The number of thiazole rings is 1. The predicted molar refractivity (Wildman–Crippen MR) is 61.3 cm³/mol. The Morgan fingerprint density at radius 3 is 2.86 bits per heavy atom. The molecule has 3 nitrogen and oxygen atoms in total. The fraction of sp³-hybridized carbons (Fsp3) is 0.700. The molecule has 0 saturated carbocycles. The van der Waals surface area contributed by atoms with Gasteiger partial charge in [-0.05, 0) is 26.8 Å². The van der Waals surface area contributed by atoms with Crippen LogP contribution >= 0.6 is 11.3 Å². The van der Waals surface area contributed by atoms with E-state index in [0.717, 1.165) is 26.2 Å². The molecule has 2 rings (SSSR count). The summed E-state index contributed by atoms with van der Waals surface area (Å²) < 4.78 is 0. The Bertz CT molecular complexity index is 281. The van der Waals surface area contributed by atoms with Gasteiger partial charge < -0.3 is 10.2 Å². The molecule has 1 aromatic rings. The summed E-state index contributed by atoms with van der Waals surface area (Å²) >= 11 is 1.82. The van der Waals surface area contributed by atoms with Gasteiger partial charge in [0, 0.05) is 24.5 Å². The average Bonchev–Trinajstić information content (AvgIpc) is 2.46. The third-order valence-corrected chi connectivity index (χ3v) is 3.76. The first-order chi connectivity index (χ1) is 6.77. The predicted octanol–water partition coefficient (Wildman–Crippen LogP) is 1.56. The lowest BCUT2D eigenvalue weighted by atomic mass is 10.4. The van der Waals surface area contributed by atoms with E-state index in [1.807, 2.05) is 11.3 Å². The molecule has 1 aliphatic rings. The van der Waals surface area contributed by atoms with Crippen LogP contribution in [0.3, 0.4) is 0 Å². The van der Waals surface area contributed by atoms with E-state index in [1.54, 1.807) is 0 Å². The van der Waals surface area contributed by atoms with Gasteiger partial charge in [0.1, 0.15) is 0 Å². The van der Waals surface area contributed by atoms with Crippen LogP contribution in [0.4, 0.5) is 5.13 Å². The maximum absolute atomic E-state index is 4.59. The monoisotopic (exact) mass is 211 g/mol. The number of aromatic nitrogens is 1. The molecule has 2 heterocycles. The molecule has 1 fully saturated rings. The lowest BCUT2D eigenvalue weighted by molar-refractivity contribution is 0.724. The van der Waals surface area contributed by atoms with Crippen molar-refractivity contribution >= 4 is 16.5 Å². The Hall–Kier alpha value is -0.610. The van der Waals surface area contributed by atoms with Crippen LogP contribution in [0, 0.1) is 13.8 Å². The van der Waals surface area contributed by atoms with E-state index in [1.165, 1.54) is 22.1 Å². The number of rotatable bonds is 1. The standard InChI is InChI=1S/C10H17N3S/c1-8-9(2)14-10(12-8)13-6-3-4-11-5-7-13/h11H,3-7H2,1-2H3. The molecule has 0 amide bonds. The van der Waals surface area contributed by atoms with Crippen molar-refractivity contribution < 1.29 is 0 Å². The minimum atomic E-state index is 1.08. The zero-order valence-electron chi connectivity index (χ0n) is 8.84. The molecule has 0 unspecified atom stereocenters. The van der Waals surface area contributed by atoms with Gasteiger partial charge in [0.2, 0.25) is 0 Å². The summed E-state index contributed by atoms with van der Waals surface area (Å²) in [6, 6.07) is 0. The van der Waals surface area contributed by atoms with E-state index in [2.05, 4.69) is 29.0 Å². The first kappa shape index (κ1) is 9.93. The number of hydrogen-bond donors (Lipinski definition) is 1. The Kier molecular flexibility index (Phi) is 3.03. The third kappa shape index (κ3) is 2.07. The topological polar surface area (TPSA) is 28.2 Å². The summed E-state index contributed by atoms with van der Waals surface area (Å²) in [5.74, 6) is 0. The van der Waals surface area contributed by atoms with Gasteiger partial charge in [0.25, 0.3) is 0 Å². The molecular formula is C10H17N3S. The van der Waals surface area contributed by atoms with Gasteiger partial charge in [-0.1, -0.05) is 0 Å². The second kappa shape index (κ2) is 4.28. The maximum atomic E-state index is 4.59. The molecule has 1 aliphatic heterocycles. The Balaban J connectivity index is 2.12.